The van der Waals surface area contributed by atoms with Crippen LogP contribution < -0.4 is 4.74 Å². The molecule has 5 heteroatoms. The van der Waals surface area contributed by atoms with Crippen molar-refractivity contribution >= 4 is 17.5 Å². The van der Waals surface area contributed by atoms with Crippen molar-refractivity contribution in [1.29, 1.82) is 0 Å². The maximum absolute atomic E-state index is 12.5. The van der Waals surface area contributed by atoms with E-state index in [2.05, 4.69) is 20.8 Å². The van der Waals surface area contributed by atoms with Crippen LogP contribution in [0.1, 0.15) is 40.0 Å². The Balaban J connectivity index is 1.57. The Morgan fingerprint density at radius 1 is 1.33 bits per heavy atom. The Hall–Kier alpha value is -1.26. The first kappa shape index (κ1) is 17.6. The monoisotopic (exact) mass is 351 g/mol. The number of rotatable bonds is 3. The van der Waals surface area contributed by atoms with Crippen LogP contribution in [0.15, 0.2) is 24.3 Å². The second kappa shape index (κ2) is 6.57. The first-order valence-corrected chi connectivity index (χ1v) is 9.02. The lowest BCUT2D eigenvalue weighted by Gasteiger charge is -2.53. The third kappa shape index (κ3) is 3.70. The van der Waals surface area contributed by atoms with Gasteiger partial charge in [0.25, 0.3) is 5.91 Å². The lowest BCUT2D eigenvalue weighted by Crippen LogP contribution is -2.59. The van der Waals surface area contributed by atoms with Crippen molar-refractivity contribution in [3.8, 4) is 5.75 Å². The molecule has 0 saturated carbocycles. The third-order valence-corrected chi connectivity index (χ3v) is 5.64. The van der Waals surface area contributed by atoms with Gasteiger partial charge in [-0.15, -0.1) is 0 Å². The first-order valence-electron chi connectivity index (χ1n) is 8.64. The van der Waals surface area contributed by atoms with Crippen LogP contribution in [0.4, 0.5) is 0 Å². The molecule has 0 N–H and O–H groups in total. The molecule has 132 valence electrons. The Labute approximate surface area is 149 Å². The number of piperidine rings is 1. The molecule has 2 fully saturated rings. The number of hydrogen-bond donors (Lipinski definition) is 0. The molecule has 0 aromatic heterocycles. The van der Waals surface area contributed by atoms with E-state index in [0.717, 1.165) is 25.8 Å². The minimum atomic E-state index is -0.123. The molecule has 4 nitrogen and oxygen atoms in total. The molecular formula is C19H26ClNO3. The number of ether oxygens (including phenoxy) is 2. The average Bonchev–Trinajstić information content (AvgIpc) is 2.52. The van der Waals surface area contributed by atoms with Crippen molar-refractivity contribution in [2.45, 2.75) is 51.2 Å². The second-order valence-electron chi connectivity index (χ2n) is 7.72. The minimum absolute atomic E-state index is 0.0156. The number of halogens is 1. The largest absolute Gasteiger partial charge is 0.482 e. The van der Waals surface area contributed by atoms with Gasteiger partial charge in [-0.3, -0.25) is 4.79 Å². The van der Waals surface area contributed by atoms with E-state index in [0.29, 0.717) is 23.2 Å². The van der Waals surface area contributed by atoms with Crippen LogP contribution in [0.5, 0.6) is 5.75 Å². The highest BCUT2D eigenvalue weighted by molar-refractivity contribution is 6.32. The van der Waals surface area contributed by atoms with Crippen LogP contribution >= 0.6 is 11.6 Å². The predicted molar refractivity (Wildman–Crippen MR) is 94.4 cm³/mol. The quantitative estimate of drug-likeness (QED) is 0.828. The minimum Gasteiger partial charge on any atom is -0.482 e. The van der Waals surface area contributed by atoms with Crippen molar-refractivity contribution in [2.24, 2.45) is 5.92 Å². The van der Waals surface area contributed by atoms with Crippen molar-refractivity contribution < 1.29 is 14.3 Å². The lowest BCUT2D eigenvalue weighted by atomic mass is 9.74. The number of hydrogen-bond acceptors (Lipinski definition) is 3. The van der Waals surface area contributed by atoms with E-state index < -0.39 is 0 Å². The molecule has 2 atom stereocenters. The van der Waals surface area contributed by atoms with Gasteiger partial charge in [-0.2, -0.15) is 0 Å². The number of carbonyl (C=O) groups excluding carboxylic acids is 1. The summed E-state index contributed by atoms with van der Waals surface area (Å²) in [6, 6.07) is 7.22. The summed E-state index contributed by atoms with van der Waals surface area (Å²) < 4.78 is 11.9. The first-order chi connectivity index (χ1) is 11.3. The maximum atomic E-state index is 12.5. The van der Waals surface area contributed by atoms with Crippen molar-refractivity contribution in [3.05, 3.63) is 29.3 Å². The summed E-state index contributed by atoms with van der Waals surface area (Å²) in [4.78, 5) is 14.4. The van der Waals surface area contributed by atoms with E-state index in [1.165, 1.54) is 0 Å². The second-order valence-corrected chi connectivity index (χ2v) is 8.13. The molecule has 24 heavy (non-hydrogen) atoms. The molecule has 2 aliphatic heterocycles. The average molecular weight is 352 g/mol. The molecule has 1 amide bonds. The van der Waals surface area contributed by atoms with Gasteiger partial charge in [-0.25, -0.2) is 0 Å². The summed E-state index contributed by atoms with van der Waals surface area (Å²) in [6.07, 6.45) is 3.00. The Morgan fingerprint density at radius 2 is 2.08 bits per heavy atom. The van der Waals surface area contributed by atoms with E-state index in [4.69, 9.17) is 21.1 Å². The van der Waals surface area contributed by atoms with Gasteiger partial charge in [0, 0.05) is 19.0 Å². The molecule has 1 aromatic carbocycles. The van der Waals surface area contributed by atoms with Crippen LogP contribution in [0.3, 0.4) is 0 Å². The van der Waals surface area contributed by atoms with E-state index in [-0.39, 0.29) is 23.7 Å². The standard InChI is InChI=1S/C19H26ClNO3/c1-18(2)9-8-14-12-21(11-10-19(14,3)24-18)17(22)13-23-16-7-5-4-6-15(16)20/h4-7,14H,8-13H2,1-3H3/t14-,19+/m0/s1. The molecular weight excluding hydrogens is 326 g/mol. The van der Waals surface area contributed by atoms with Crippen molar-refractivity contribution in [2.75, 3.05) is 19.7 Å². The number of para-hydroxylation sites is 1. The van der Waals surface area contributed by atoms with Crippen LogP contribution in [0.25, 0.3) is 0 Å². The summed E-state index contributed by atoms with van der Waals surface area (Å²) >= 11 is 6.06. The summed E-state index contributed by atoms with van der Waals surface area (Å²) in [5.74, 6) is 0.961. The highest BCUT2D eigenvalue weighted by Crippen LogP contribution is 2.43. The van der Waals surface area contributed by atoms with Crippen LogP contribution in [-0.4, -0.2) is 41.7 Å². The number of carbonyl (C=O) groups is 1. The third-order valence-electron chi connectivity index (χ3n) is 5.33. The number of benzene rings is 1. The Kier molecular flexibility index (Phi) is 4.80. The zero-order valence-corrected chi connectivity index (χ0v) is 15.4. The lowest BCUT2D eigenvalue weighted by molar-refractivity contribution is -0.214. The van der Waals surface area contributed by atoms with Gasteiger partial charge in [-0.05, 0) is 52.2 Å². The van der Waals surface area contributed by atoms with Crippen molar-refractivity contribution in [3.63, 3.8) is 0 Å². The van der Waals surface area contributed by atoms with E-state index in [9.17, 15) is 4.79 Å². The number of fused-ring (bicyclic) bond motifs is 1. The van der Waals surface area contributed by atoms with E-state index in [1.54, 1.807) is 12.1 Å². The topological polar surface area (TPSA) is 38.8 Å². The Morgan fingerprint density at radius 3 is 2.83 bits per heavy atom. The SMILES string of the molecule is CC1(C)CC[C@H]2CN(C(=O)COc3ccccc3Cl)CC[C@@]2(C)O1. The van der Waals surface area contributed by atoms with Crippen LogP contribution in [0.2, 0.25) is 5.02 Å². The molecule has 0 bridgehead atoms. The summed E-state index contributed by atoms with van der Waals surface area (Å²) in [7, 11) is 0. The van der Waals surface area contributed by atoms with Gasteiger partial charge in [0.05, 0.1) is 16.2 Å². The van der Waals surface area contributed by atoms with E-state index in [1.807, 2.05) is 17.0 Å². The van der Waals surface area contributed by atoms with Crippen LogP contribution in [0, 0.1) is 5.92 Å². The number of nitrogens with zero attached hydrogens (tertiary/aromatic N) is 1. The predicted octanol–water partition coefficient (Wildman–Crippen LogP) is 3.92. The molecule has 0 aliphatic carbocycles. The Bertz CT molecular complexity index is 618. The highest BCUT2D eigenvalue weighted by atomic mass is 35.5. The van der Waals surface area contributed by atoms with Gasteiger partial charge < -0.3 is 14.4 Å². The van der Waals surface area contributed by atoms with Crippen LogP contribution in [-0.2, 0) is 9.53 Å². The summed E-state index contributed by atoms with van der Waals surface area (Å²) in [6.45, 7) is 8.00. The fourth-order valence-electron chi connectivity index (χ4n) is 3.87. The number of amides is 1. The maximum Gasteiger partial charge on any atom is 0.260 e. The summed E-state index contributed by atoms with van der Waals surface area (Å²) in [5, 5.41) is 0.527. The molecule has 0 spiro atoms. The van der Waals surface area contributed by atoms with Gasteiger partial charge in [0.1, 0.15) is 5.75 Å². The molecule has 2 heterocycles. The normalized spacial score (nSPS) is 29.0. The van der Waals surface area contributed by atoms with Gasteiger partial charge in [-0.1, -0.05) is 23.7 Å². The fourth-order valence-corrected chi connectivity index (χ4v) is 4.06. The molecule has 2 aliphatic rings. The molecule has 3 rings (SSSR count). The smallest absolute Gasteiger partial charge is 0.260 e. The van der Waals surface area contributed by atoms with E-state index >= 15 is 0 Å². The molecule has 0 radical (unpaired) electrons. The number of likely N-dealkylation sites (tertiary alicyclic amines) is 1. The van der Waals surface area contributed by atoms with Crippen molar-refractivity contribution in [1.82, 2.24) is 4.90 Å². The zero-order chi connectivity index (χ0) is 17.4. The highest BCUT2D eigenvalue weighted by Gasteiger charge is 2.47. The summed E-state index contributed by atoms with van der Waals surface area (Å²) in [5.41, 5.74) is -0.188. The molecule has 1 aromatic rings. The zero-order valence-electron chi connectivity index (χ0n) is 14.7. The van der Waals surface area contributed by atoms with Gasteiger partial charge in [0.15, 0.2) is 6.61 Å². The van der Waals surface area contributed by atoms with Gasteiger partial charge >= 0.3 is 0 Å². The van der Waals surface area contributed by atoms with Gasteiger partial charge in [0.2, 0.25) is 0 Å². The molecule has 2 saturated heterocycles. The fraction of sp³-hybridized carbons (Fsp3) is 0.632. The molecule has 0 unspecified atom stereocenters.